The maximum Gasteiger partial charge on any atom is 0.268 e. The normalized spacial score (nSPS) is 15.2. The summed E-state index contributed by atoms with van der Waals surface area (Å²) < 4.78 is 25.3. The molecule has 122 valence electrons. The maximum absolute atomic E-state index is 12.2. The highest BCUT2D eigenvalue weighted by Crippen LogP contribution is 2.30. The third kappa shape index (κ3) is 3.08. The Hall–Kier alpha value is -1.64. The van der Waals surface area contributed by atoms with Crippen molar-refractivity contribution in [2.45, 2.75) is 11.8 Å². The largest absolute Gasteiger partial charge is 0.351 e. The van der Waals surface area contributed by atoms with Crippen LogP contribution in [0.5, 0.6) is 0 Å². The SMILES string of the molecule is CCN1C(=O)c2ccc(C(=O)NCCNC)cc2S1(=O)=O.Cl. The van der Waals surface area contributed by atoms with Crippen molar-refractivity contribution < 1.29 is 18.0 Å². The summed E-state index contributed by atoms with van der Waals surface area (Å²) in [6.07, 6.45) is 0. The molecule has 0 aliphatic carbocycles. The summed E-state index contributed by atoms with van der Waals surface area (Å²) >= 11 is 0. The van der Waals surface area contributed by atoms with Gasteiger partial charge in [0.25, 0.3) is 21.8 Å². The van der Waals surface area contributed by atoms with Crippen molar-refractivity contribution in [3.63, 3.8) is 0 Å². The van der Waals surface area contributed by atoms with Crippen LogP contribution in [0.25, 0.3) is 0 Å². The molecule has 7 nitrogen and oxygen atoms in total. The number of nitrogens with one attached hydrogen (secondary N) is 2. The molecule has 1 aromatic rings. The number of amides is 2. The first kappa shape index (κ1) is 18.4. The Morgan fingerprint density at radius 3 is 2.55 bits per heavy atom. The molecule has 0 saturated carbocycles. The molecule has 0 aromatic heterocycles. The number of hydrogen-bond donors (Lipinski definition) is 2. The van der Waals surface area contributed by atoms with Crippen molar-refractivity contribution in [1.82, 2.24) is 14.9 Å². The molecule has 0 atom stereocenters. The quantitative estimate of drug-likeness (QED) is 0.743. The lowest BCUT2D eigenvalue weighted by Crippen LogP contribution is -2.30. The zero-order chi connectivity index (χ0) is 15.6. The molecule has 9 heteroatoms. The summed E-state index contributed by atoms with van der Waals surface area (Å²) in [6.45, 7) is 2.70. The molecule has 1 aromatic carbocycles. The van der Waals surface area contributed by atoms with Gasteiger partial charge in [0.15, 0.2) is 0 Å². The first-order chi connectivity index (χ1) is 9.93. The van der Waals surface area contributed by atoms with Crippen LogP contribution in [0.1, 0.15) is 27.6 Å². The van der Waals surface area contributed by atoms with Crippen LogP contribution in [0.4, 0.5) is 0 Å². The van der Waals surface area contributed by atoms with Crippen LogP contribution in [0.2, 0.25) is 0 Å². The number of halogens is 1. The highest BCUT2D eigenvalue weighted by atomic mass is 35.5. The third-order valence-corrected chi connectivity index (χ3v) is 5.11. The van der Waals surface area contributed by atoms with Crippen molar-refractivity contribution in [1.29, 1.82) is 0 Å². The van der Waals surface area contributed by atoms with Gasteiger partial charge in [-0.2, -0.15) is 0 Å². The number of carbonyl (C=O) groups excluding carboxylic acids is 2. The van der Waals surface area contributed by atoms with Gasteiger partial charge in [-0.3, -0.25) is 9.59 Å². The average molecular weight is 348 g/mol. The summed E-state index contributed by atoms with van der Waals surface area (Å²) in [5, 5.41) is 5.55. The predicted molar refractivity (Wildman–Crippen MR) is 83.8 cm³/mol. The molecule has 1 heterocycles. The Labute approximate surface area is 135 Å². The van der Waals surface area contributed by atoms with E-state index in [1.807, 2.05) is 0 Å². The highest BCUT2D eigenvalue weighted by Gasteiger charge is 2.40. The molecule has 0 unspecified atom stereocenters. The van der Waals surface area contributed by atoms with Crippen molar-refractivity contribution in [2.24, 2.45) is 0 Å². The van der Waals surface area contributed by atoms with Crippen LogP contribution in [0, 0.1) is 0 Å². The zero-order valence-corrected chi connectivity index (χ0v) is 13.9. The van der Waals surface area contributed by atoms with Gasteiger partial charge < -0.3 is 10.6 Å². The molecule has 2 amide bonds. The number of sulfonamides is 1. The Morgan fingerprint density at radius 1 is 1.27 bits per heavy atom. The maximum atomic E-state index is 12.2. The number of fused-ring (bicyclic) bond motifs is 1. The average Bonchev–Trinajstić information content (AvgIpc) is 2.65. The van der Waals surface area contributed by atoms with Gasteiger partial charge in [0, 0.05) is 25.2 Å². The van der Waals surface area contributed by atoms with Crippen molar-refractivity contribution in [2.75, 3.05) is 26.7 Å². The van der Waals surface area contributed by atoms with E-state index in [1.165, 1.54) is 18.2 Å². The number of nitrogens with zero attached hydrogens (tertiary/aromatic N) is 1. The molecule has 0 fully saturated rings. The van der Waals surface area contributed by atoms with Gasteiger partial charge in [-0.25, -0.2) is 12.7 Å². The van der Waals surface area contributed by atoms with Gasteiger partial charge in [-0.05, 0) is 32.2 Å². The number of rotatable bonds is 5. The molecule has 1 aliphatic heterocycles. The van der Waals surface area contributed by atoms with E-state index in [4.69, 9.17) is 0 Å². The number of benzene rings is 1. The molecular formula is C13H18ClN3O4S. The summed E-state index contributed by atoms with van der Waals surface area (Å²) in [5.74, 6) is -0.916. The molecule has 22 heavy (non-hydrogen) atoms. The zero-order valence-electron chi connectivity index (χ0n) is 12.3. The number of likely N-dealkylation sites (N-methyl/N-ethyl adjacent to an activating group) is 1. The lowest BCUT2D eigenvalue weighted by atomic mass is 10.1. The molecule has 1 aliphatic rings. The molecule has 0 spiro atoms. The molecule has 0 bridgehead atoms. The Balaban J connectivity index is 0.00000242. The molecular weight excluding hydrogens is 330 g/mol. The van der Waals surface area contributed by atoms with Crippen LogP contribution in [-0.2, 0) is 10.0 Å². The Kier molecular flexibility index (Phi) is 5.92. The monoisotopic (exact) mass is 347 g/mol. The number of carbonyl (C=O) groups is 2. The minimum absolute atomic E-state index is 0. The van der Waals surface area contributed by atoms with Gasteiger partial charge in [-0.1, -0.05) is 0 Å². The summed E-state index contributed by atoms with van der Waals surface area (Å²) in [6, 6.07) is 4.10. The smallest absolute Gasteiger partial charge is 0.268 e. The minimum atomic E-state index is -3.84. The minimum Gasteiger partial charge on any atom is -0.351 e. The second-order valence-electron chi connectivity index (χ2n) is 4.55. The molecule has 0 radical (unpaired) electrons. The summed E-state index contributed by atoms with van der Waals surface area (Å²) in [4.78, 5) is 23.8. The van der Waals surface area contributed by atoms with E-state index in [0.29, 0.717) is 13.1 Å². The predicted octanol–water partition coefficient (Wildman–Crippen LogP) is 0.222. The Morgan fingerprint density at radius 2 is 1.95 bits per heavy atom. The van der Waals surface area contributed by atoms with Crippen molar-refractivity contribution >= 4 is 34.2 Å². The molecule has 2 rings (SSSR count). The second-order valence-corrected chi connectivity index (χ2v) is 6.38. The summed E-state index contributed by atoms with van der Waals surface area (Å²) in [5.41, 5.74) is 0.336. The third-order valence-electron chi connectivity index (χ3n) is 3.22. The fourth-order valence-electron chi connectivity index (χ4n) is 2.13. The van der Waals surface area contributed by atoms with Crippen LogP contribution in [0.3, 0.4) is 0 Å². The van der Waals surface area contributed by atoms with E-state index in [9.17, 15) is 18.0 Å². The van der Waals surface area contributed by atoms with E-state index in [2.05, 4.69) is 10.6 Å². The summed E-state index contributed by atoms with van der Waals surface area (Å²) in [7, 11) is -2.07. The van der Waals surface area contributed by atoms with Crippen LogP contribution < -0.4 is 10.6 Å². The van der Waals surface area contributed by atoms with E-state index >= 15 is 0 Å². The van der Waals surface area contributed by atoms with E-state index in [1.54, 1.807) is 14.0 Å². The van der Waals surface area contributed by atoms with Gasteiger partial charge in [0.05, 0.1) is 5.56 Å². The fourth-order valence-corrected chi connectivity index (χ4v) is 3.74. The van der Waals surface area contributed by atoms with Crippen LogP contribution >= 0.6 is 12.4 Å². The van der Waals surface area contributed by atoms with Crippen LogP contribution in [-0.4, -0.2) is 51.2 Å². The van der Waals surface area contributed by atoms with Crippen LogP contribution in [0.15, 0.2) is 23.1 Å². The van der Waals surface area contributed by atoms with Crippen molar-refractivity contribution in [3.8, 4) is 0 Å². The highest BCUT2D eigenvalue weighted by molar-refractivity contribution is 7.90. The number of hydrogen-bond acceptors (Lipinski definition) is 5. The van der Waals surface area contributed by atoms with Gasteiger partial charge in [0.2, 0.25) is 0 Å². The van der Waals surface area contributed by atoms with Crippen molar-refractivity contribution in [3.05, 3.63) is 29.3 Å². The van der Waals surface area contributed by atoms with E-state index < -0.39 is 15.9 Å². The van der Waals surface area contributed by atoms with Gasteiger partial charge >= 0.3 is 0 Å². The van der Waals surface area contributed by atoms with E-state index in [-0.39, 0.29) is 40.9 Å². The topological polar surface area (TPSA) is 95.6 Å². The molecule has 2 N–H and O–H groups in total. The molecule has 0 saturated heterocycles. The van der Waals surface area contributed by atoms with Gasteiger partial charge in [0.1, 0.15) is 4.90 Å². The standard InChI is InChI=1S/C13H17N3O4S.ClH/c1-3-16-13(18)10-5-4-9(8-11(10)21(16,19)20)12(17)15-7-6-14-2;/h4-5,8,14H,3,6-7H2,1-2H3,(H,15,17);1H. The fraction of sp³-hybridized carbons (Fsp3) is 0.385. The van der Waals surface area contributed by atoms with E-state index in [0.717, 1.165) is 4.31 Å². The lowest BCUT2D eigenvalue weighted by molar-refractivity contribution is 0.0874. The van der Waals surface area contributed by atoms with Gasteiger partial charge in [-0.15, -0.1) is 12.4 Å². The first-order valence-electron chi connectivity index (χ1n) is 6.57. The first-order valence-corrected chi connectivity index (χ1v) is 8.01. The second kappa shape index (κ2) is 7.08. The Bertz CT molecular complexity index is 691. The lowest BCUT2D eigenvalue weighted by Gasteiger charge is -2.11.